The third kappa shape index (κ3) is 4.12. The van der Waals surface area contributed by atoms with Gasteiger partial charge in [0.05, 0.1) is 5.69 Å². The van der Waals surface area contributed by atoms with Gasteiger partial charge in [0.2, 0.25) is 5.95 Å². The molecule has 0 bridgehead atoms. The summed E-state index contributed by atoms with van der Waals surface area (Å²) >= 11 is 0. The fraction of sp³-hybridized carbons (Fsp3) is 0.200. The Morgan fingerprint density at radius 3 is 2.44 bits per heavy atom. The van der Waals surface area contributed by atoms with Gasteiger partial charge in [-0.15, -0.1) is 0 Å². The quantitative estimate of drug-likeness (QED) is 0.698. The molecular weight excluding hydrogens is 315 g/mol. The second-order valence-corrected chi connectivity index (χ2v) is 6.23. The van der Waals surface area contributed by atoms with E-state index < -0.39 is 0 Å². The normalized spacial score (nSPS) is 13.5. The molecule has 0 atom stereocenters. The minimum atomic E-state index is -0.229. The molecule has 2 aromatic carbocycles. The molecule has 126 valence electrons. The molecule has 0 spiro atoms. The van der Waals surface area contributed by atoms with E-state index in [1.165, 1.54) is 12.1 Å². The number of aromatic nitrogens is 2. The molecule has 0 saturated heterocycles. The van der Waals surface area contributed by atoms with Gasteiger partial charge in [-0.2, -0.15) is 4.98 Å². The molecule has 0 amide bonds. The third-order valence-corrected chi connectivity index (χ3v) is 4.09. The molecule has 4 rings (SSSR count). The third-order valence-electron chi connectivity index (χ3n) is 4.09. The first-order chi connectivity index (χ1) is 12.3. The molecule has 1 saturated carbocycles. The summed E-state index contributed by atoms with van der Waals surface area (Å²) in [4.78, 5) is 9.20. The van der Waals surface area contributed by atoms with E-state index in [1.54, 1.807) is 12.1 Å². The molecule has 25 heavy (non-hydrogen) atoms. The lowest BCUT2D eigenvalue weighted by atomic mass is 10.1. The molecule has 0 radical (unpaired) electrons. The number of benzene rings is 2. The van der Waals surface area contributed by atoms with Crippen molar-refractivity contribution in [3.05, 3.63) is 72.0 Å². The standard InChI is InChI=1S/C20H19FN4/c21-16-8-6-14(7-9-16)13-22-19-12-18(15-4-2-1-3-5-15)24-20(25-19)23-17-10-11-17/h1-9,12,17H,10-11,13H2,(H2,22,23,24,25). The highest BCUT2D eigenvalue weighted by Gasteiger charge is 2.22. The Hall–Kier alpha value is -2.95. The Balaban J connectivity index is 1.57. The fourth-order valence-electron chi connectivity index (χ4n) is 2.56. The van der Waals surface area contributed by atoms with E-state index in [9.17, 15) is 4.39 Å². The SMILES string of the molecule is Fc1ccc(CNc2cc(-c3ccccc3)nc(NC3CC3)n2)cc1. The summed E-state index contributed by atoms with van der Waals surface area (Å²) in [6, 6.07) is 18.9. The minimum Gasteiger partial charge on any atom is -0.366 e. The van der Waals surface area contributed by atoms with Crippen molar-refractivity contribution in [1.82, 2.24) is 9.97 Å². The molecule has 2 N–H and O–H groups in total. The van der Waals surface area contributed by atoms with Gasteiger partial charge in [0.15, 0.2) is 0 Å². The van der Waals surface area contributed by atoms with Gasteiger partial charge in [-0.1, -0.05) is 42.5 Å². The fourth-order valence-corrected chi connectivity index (χ4v) is 2.56. The smallest absolute Gasteiger partial charge is 0.225 e. The lowest BCUT2D eigenvalue weighted by Gasteiger charge is -2.11. The van der Waals surface area contributed by atoms with Crippen molar-refractivity contribution in [3.63, 3.8) is 0 Å². The Morgan fingerprint density at radius 2 is 1.72 bits per heavy atom. The highest BCUT2D eigenvalue weighted by atomic mass is 19.1. The van der Waals surface area contributed by atoms with Crippen molar-refractivity contribution >= 4 is 11.8 Å². The first-order valence-corrected chi connectivity index (χ1v) is 8.46. The van der Waals surface area contributed by atoms with Crippen molar-refractivity contribution in [2.45, 2.75) is 25.4 Å². The number of hydrogen-bond donors (Lipinski definition) is 2. The van der Waals surface area contributed by atoms with Crippen LogP contribution in [0, 0.1) is 5.82 Å². The van der Waals surface area contributed by atoms with Crippen LogP contribution in [0.5, 0.6) is 0 Å². The molecule has 1 aliphatic carbocycles. The molecule has 0 aliphatic heterocycles. The van der Waals surface area contributed by atoms with Gasteiger partial charge in [-0.05, 0) is 30.5 Å². The Bertz CT molecular complexity index is 845. The maximum absolute atomic E-state index is 13.0. The topological polar surface area (TPSA) is 49.8 Å². The molecular formula is C20H19FN4. The van der Waals surface area contributed by atoms with E-state index >= 15 is 0 Å². The number of halogens is 1. The predicted octanol–water partition coefficient (Wildman–Crippen LogP) is 4.47. The highest BCUT2D eigenvalue weighted by Crippen LogP contribution is 2.26. The van der Waals surface area contributed by atoms with Crippen LogP contribution in [-0.2, 0) is 6.54 Å². The first kappa shape index (κ1) is 15.6. The van der Waals surface area contributed by atoms with Crippen LogP contribution in [0.3, 0.4) is 0 Å². The van der Waals surface area contributed by atoms with Gasteiger partial charge < -0.3 is 10.6 Å². The highest BCUT2D eigenvalue weighted by molar-refractivity contribution is 5.64. The summed E-state index contributed by atoms with van der Waals surface area (Å²) in [5, 5.41) is 6.67. The van der Waals surface area contributed by atoms with E-state index in [-0.39, 0.29) is 5.82 Å². The zero-order valence-electron chi connectivity index (χ0n) is 13.7. The molecule has 1 fully saturated rings. The summed E-state index contributed by atoms with van der Waals surface area (Å²) in [6.07, 6.45) is 2.33. The van der Waals surface area contributed by atoms with E-state index in [0.717, 1.165) is 35.5 Å². The zero-order valence-corrected chi connectivity index (χ0v) is 13.7. The Morgan fingerprint density at radius 1 is 0.960 bits per heavy atom. The van der Waals surface area contributed by atoms with Gasteiger partial charge in [0.25, 0.3) is 0 Å². The Labute approximate surface area is 146 Å². The van der Waals surface area contributed by atoms with Gasteiger partial charge in [0, 0.05) is 24.2 Å². The monoisotopic (exact) mass is 334 g/mol. The first-order valence-electron chi connectivity index (χ1n) is 8.46. The zero-order chi connectivity index (χ0) is 17.1. The summed E-state index contributed by atoms with van der Waals surface area (Å²) in [5.41, 5.74) is 2.92. The maximum atomic E-state index is 13.0. The average molecular weight is 334 g/mol. The van der Waals surface area contributed by atoms with Gasteiger partial charge in [-0.3, -0.25) is 0 Å². The van der Waals surface area contributed by atoms with Crippen LogP contribution in [-0.4, -0.2) is 16.0 Å². The van der Waals surface area contributed by atoms with Crippen molar-refractivity contribution in [3.8, 4) is 11.3 Å². The largest absolute Gasteiger partial charge is 0.366 e. The van der Waals surface area contributed by atoms with Crippen molar-refractivity contribution in [1.29, 1.82) is 0 Å². The Kier molecular flexibility index (Phi) is 4.29. The van der Waals surface area contributed by atoms with Crippen LogP contribution in [0.4, 0.5) is 16.2 Å². The lowest BCUT2D eigenvalue weighted by molar-refractivity contribution is 0.627. The minimum absolute atomic E-state index is 0.229. The van der Waals surface area contributed by atoms with Crippen LogP contribution in [0.1, 0.15) is 18.4 Å². The van der Waals surface area contributed by atoms with Crippen LogP contribution >= 0.6 is 0 Å². The van der Waals surface area contributed by atoms with E-state index in [0.29, 0.717) is 18.5 Å². The molecule has 0 unspecified atom stereocenters. The van der Waals surface area contributed by atoms with Crippen LogP contribution in [0.15, 0.2) is 60.7 Å². The predicted molar refractivity (Wildman–Crippen MR) is 97.8 cm³/mol. The summed E-state index contributed by atoms with van der Waals surface area (Å²) in [7, 11) is 0. The van der Waals surface area contributed by atoms with Crippen molar-refractivity contribution in [2.75, 3.05) is 10.6 Å². The molecule has 3 aromatic rings. The van der Waals surface area contributed by atoms with Crippen LogP contribution in [0.25, 0.3) is 11.3 Å². The number of nitrogens with zero attached hydrogens (tertiary/aromatic N) is 2. The number of nitrogens with one attached hydrogen (secondary N) is 2. The van der Waals surface area contributed by atoms with Gasteiger partial charge >= 0.3 is 0 Å². The van der Waals surface area contributed by atoms with Crippen molar-refractivity contribution < 1.29 is 4.39 Å². The van der Waals surface area contributed by atoms with E-state index in [2.05, 4.69) is 20.6 Å². The van der Waals surface area contributed by atoms with Gasteiger partial charge in [0.1, 0.15) is 11.6 Å². The molecule has 1 aromatic heterocycles. The number of hydrogen-bond acceptors (Lipinski definition) is 4. The molecule has 4 nitrogen and oxygen atoms in total. The van der Waals surface area contributed by atoms with Crippen LogP contribution < -0.4 is 10.6 Å². The second kappa shape index (κ2) is 6.89. The van der Waals surface area contributed by atoms with E-state index in [4.69, 9.17) is 0 Å². The maximum Gasteiger partial charge on any atom is 0.225 e. The molecule has 1 heterocycles. The van der Waals surface area contributed by atoms with Crippen molar-refractivity contribution in [2.24, 2.45) is 0 Å². The lowest BCUT2D eigenvalue weighted by Crippen LogP contribution is -2.09. The summed E-state index contributed by atoms with van der Waals surface area (Å²) < 4.78 is 13.0. The number of anilines is 2. The summed E-state index contributed by atoms with van der Waals surface area (Å²) in [6.45, 7) is 0.578. The average Bonchev–Trinajstić information content (AvgIpc) is 3.46. The second-order valence-electron chi connectivity index (χ2n) is 6.23. The molecule has 1 aliphatic rings. The summed E-state index contributed by atoms with van der Waals surface area (Å²) in [5.74, 6) is 1.17. The number of rotatable bonds is 6. The molecule has 5 heteroatoms. The van der Waals surface area contributed by atoms with Crippen LogP contribution in [0.2, 0.25) is 0 Å². The van der Waals surface area contributed by atoms with E-state index in [1.807, 2.05) is 36.4 Å². The van der Waals surface area contributed by atoms with Gasteiger partial charge in [-0.25, -0.2) is 9.37 Å².